The Morgan fingerprint density at radius 3 is 2.27 bits per heavy atom. The summed E-state index contributed by atoms with van der Waals surface area (Å²) < 4.78 is 5.01. The van der Waals surface area contributed by atoms with Crippen LogP contribution in [0.4, 0.5) is 0 Å². The lowest BCUT2D eigenvalue weighted by molar-refractivity contribution is -0.129. The third kappa shape index (κ3) is 4.71. The molecule has 116 valence electrons. The molecule has 0 atom stereocenters. The van der Waals surface area contributed by atoms with E-state index in [1.807, 2.05) is 37.4 Å². The third-order valence-electron chi connectivity index (χ3n) is 3.68. The molecule has 3 nitrogen and oxygen atoms in total. The van der Waals surface area contributed by atoms with Gasteiger partial charge in [-0.1, -0.05) is 54.6 Å². The van der Waals surface area contributed by atoms with Crippen LogP contribution in [0.25, 0.3) is 11.1 Å². The Morgan fingerprint density at radius 1 is 1.00 bits per heavy atom. The molecule has 1 amide bonds. The maximum Gasteiger partial charge on any atom is 0.226 e. The molecule has 3 heteroatoms. The van der Waals surface area contributed by atoms with E-state index in [4.69, 9.17) is 4.74 Å². The van der Waals surface area contributed by atoms with Crippen LogP contribution in [0, 0.1) is 0 Å². The quantitative estimate of drug-likeness (QED) is 0.733. The first-order chi connectivity index (χ1) is 10.7. The Balaban J connectivity index is 1.92. The maximum absolute atomic E-state index is 12.1. The van der Waals surface area contributed by atoms with Crippen molar-refractivity contribution in [1.29, 1.82) is 0 Å². The van der Waals surface area contributed by atoms with Gasteiger partial charge in [-0.05, 0) is 23.1 Å². The number of nitrogens with zero attached hydrogens (tertiary/aromatic N) is 1. The van der Waals surface area contributed by atoms with Gasteiger partial charge in [-0.25, -0.2) is 0 Å². The van der Waals surface area contributed by atoms with Gasteiger partial charge in [0.25, 0.3) is 0 Å². The second-order valence-corrected chi connectivity index (χ2v) is 5.40. The number of methoxy groups -OCH3 is 1. The summed E-state index contributed by atoms with van der Waals surface area (Å²) in [6.07, 6.45) is 1.31. The van der Waals surface area contributed by atoms with E-state index in [2.05, 4.69) is 24.3 Å². The van der Waals surface area contributed by atoms with E-state index in [0.717, 1.165) is 18.5 Å². The van der Waals surface area contributed by atoms with Gasteiger partial charge in [0.2, 0.25) is 5.91 Å². The topological polar surface area (TPSA) is 29.5 Å². The van der Waals surface area contributed by atoms with E-state index in [9.17, 15) is 4.79 Å². The second-order valence-electron chi connectivity index (χ2n) is 5.40. The molecule has 0 aliphatic heterocycles. The van der Waals surface area contributed by atoms with Crippen molar-refractivity contribution in [3.8, 4) is 11.1 Å². The predicted octanol–water partition coefficient (Wildman–Crippen LogP) is 3.39. The van der Waals surface area contributed by atoms with Crippen molar-refractivity contribution < 1.29 is 9.53 Å². The van der Waals surface area contributed by atoms with Gasteiger partial charge in [0.15, 0.2) is 0 Å². The third-order valence-corrected chi connectivity index (χ3v) is 3.68. The first-order valence-electron chi connectivity index (χ1n) is 7.58. The molecule has 0 radical (unpaired) electrons. The van der Waals surface area contributed by atoms with Crippen molar-refractivity contribution in [3.05, 3.63) is 60.2 Å². The summed E-state index contributed by atoms with van der Waals surface area (Å²) in [5.74, 6) is 0.142. The van der Waals surface area contributed by atoms with Crippen LogP contribution in [0.15, 0.2) is 54.6 Å². The van der Waals surface area contributed by atoms with Crippen LogP contribution in [0.3, 0.4) is 0 Å². The fraction of sp³-hybridized carbons (Fsp3) is 0.316. The van der Waals surface area contributed by atoms with Crippen molar-refractivity contribution in [2.24, 2.45) is 0 Å². The first kappa shape index (κ1) is 16.2. The van der Waals surface area contributed by atoms with Crippen molar-refractivity contribution in [2.75, 3.05) is 27.3 Å². The molecule has 0 bridgehead atoms. The molecule has 0 aliphatic rings. The normalized spacial score (nSPS) is 10.5. The van der Waals surface area contributed by atoms with Crippen LogP contribution in [-0.4, -0.2) is 38.1 Å². The van der Waals surface area contributed by atoms with Crippen LogP contribution in [0.5, 0.6) is 0 Å². The summed E-state index contributed by atoms with van der Waals surface area (Å²) in [7, 11) is 3.52. The van der Waals surface area contributed by atoms with E-state index >= 15 is 0 Å². The van der Waals surface area contributed by atoms with Crippen LogP contribution in [0.2, 0.25) is 0 Å². The van der Waals surface area contributed by atoms with Gasteiger partial charge in [0.05, 0.1) is 6.42 Å². The highest BCUT2D eigenvalue weighted by Gasteiger charge is 2.09. The summed E-state index contributed by atoms with van der Waals surface area (Å²) in [5, 5.41) is 0. The highest BCUT2D eigenvalue weighted by Crippen LogP contribution is 2.19. The lowest BCUT2D eigenvalue weighted by Crippen LogP contribution is -2.29. The van der Waals surface area contributed by atoms with Gasteiger partial charge in [-0.3, -0.25) is 4.79 Å². The summed E-state index contributed by atoms with van der Waals surface area (Å²) >= 11 is 0. The van der Waals surface area contributed by atoms with Gasteiger partial charge in [-0.2, -0.15) is 0 Å². The molecule has 0 aromatic heterocycles. The van der Waals surface area contributed by atoms with Crippen LogP contribution < -0.4 is 0 Å². The summed E-state index contributed by atoms with van der Waals surface area (Å²) in [6, 6.07) is 18.4. The number of likely N-dealkylation sites (N-methyl/N-ethyl adjacent to an activating group) is 1. The minimum atomic E-state index is 0.142. The molecule has 2 aromatic rings. The van der Waals surface area contributed by atoms with Gasteiger partial charge < -0.3 is 9.64 Å². The SMILES string of the molecule is COCCCN(C)C(=O)Cc1ccc(-c2ccccc2)cc1. The highest BCUT2D eigenvalue weighted by molar-refractivity contribution is 5.78. The molecular formula is C19H23NO2. The average molecular weight is 297 g/mol. The van der Waals surface area contributed by atoms with Gasteiger partial charge >= 0.3 is 0 Å². The standard InChI is InChI=1S/C19H23NO2/c1-20(13-6-14-22-2)19(21)15-16-9-11-18(12-10-16)17-7-4-3-5-8-17/h3-5,7-12H,6,13-15H2,1-2H3. The summed E-state index contributed by atoms with van der Waals surface area (Å²) in [5.41, 5.74) is 3.41. The lowest BCUT2D eigenvalue weighted by Gasteiger charge is -2.17. The van der Waals surface area contributed by atoms with Gasteiger partial charge in [0, 0.05) is 27.3 Å². The minimum absolute atomic E-state index is 0.142. The molecule has 0 saturated carbocycles. The number of ether oxygens (including phenoxy) is 1. The number of benzene rings is 2. The molecule has 0 fully saturated rings. The van der Waals surface area contributed by atoms with Gasteiger partial charge in [0.1, 0.15) is 0 Å². The number of amides is 1. The average Bonchev–Trinajstić information content (AvgIpc) is 2.56. The van der Waals surface area contributed by atoms with Crippen LogP contribution >= 0.6 is 0 Å². The fourth-order valence-electron chi connectivity index (χ4n) is 2.33. The monoisotopic (exact) mass is 297 g/mol. The molecule has 22 heavy (non-hydrogen) atoms. The zero-order chi connectivity index (χ0) is 15.8. The molecular weight excluding hydrogens is 274 g/mol. The molecule has 0 unspecified atom stereocenters. The Hall–Kier alpha value is -2.13. The van der Waals surface area contributed by atoms with Crippen molar-refractivity contribution in [3.63, 3.8) is 0 Å². The van der Waals surface area contributed by atoms with E-state index < -0.39 is 0 Å². The van der Waals surface area contributed by atoms with E-state index in [1.54, 1.807) is 12.0 Å². The summed E-state index contributed by atoms with van der Waals surface area (Å²) in [4.78, 5) is 13.9. The van der Waals surface area contributed by atoms with Crippen LogP contribution in [0.1, 0.15) is 12.0 Å². The lowest BCUT2D eigenvalue weighted by atomic mass is 10.0. The largest absolute Gasteiger partial charge is 0.385 e. The summed E-state index contributed by atoms with van der Waals surface area (Å²) in [6.45, 7) is 1.41. The maximum atomic E-state index is 12.1. The van der Waals surface area contributed by atoms with Gasteiger partial charge in [-0.15, -0.1) is 0 Å². The van der Waals surface area contributed by atoms with Crippen LogP contribution in [-0.2, 0) is 16.0 Å². The Morgan fingerprint density at radius 2 is 1.64 bits per heavy atom. The Bertz CT molecular complexity index is 578. The number of rotatable bonds is 7. The minimum Gasteiger partial charge on any atom is -0.385 e. The number of carbonyl (C=O) groups is 1. The molecule has 2 rings (SSSR count). The zero-order valence-corrected chi connectivity index (χ0v) is 13.3. The number of hydrogen-bond acceptors (Lipinski definition) is 2. The molecule has 2 aromatic carbocycles. The molecule has 0 aliphatic carbocycles. The van der Waals surface area contributed by atoms with Crippen molar-refractivity contribution in [1.82, 2.24) is 4.90 Å². The van der Waals surface area contributed by atoms with E-state index in [0.29, 0.717) is 13.0 Å². The molecule has 0 spiro atoms. The Kier molecular flexibility index (Phi) is 6.16. The van der Waals surface area contributed by atoms with Crippen molar-refractivity contribution in [2.45, 2.75) is 12.8 Å². The smallest absolute Gasteiger partial charge is 0.226 e. The first-order valence-corrected chi connectivity index (χ1v) is 7.58. The zero-order valence-electron chi connectivity index (χ0n) is 13.3. The van der Waals surface area contributed by atoms with E-state index in [1.165, 1.54) is 11.1 Å². The molecule has 0 heterocycles. The molecule has 0 N–H and O–H groups in total. The number of carbonyl (C=O) groups excluding carboxylic acids is 1. The predicted molar refractivity (Wildman–Crippen MR) is 89.7 cm³/mol. The second kappa shape index (κ2) is 8.35. The number of hydrogen-bond donors (Lipinski definition) is 0. The van der Waals surface area contributed by atoms with E-state index in [-0.39, 0.29) is 5.91 Å². The highest BCUT2D eigenvalue weighted by atomic mass is 16.5. The Labute approximate surface area is 132 Å². The van der Waals surface area contributed by atoms with Crippen molar-refractivity contribution >= 4 is 5.91 Å². The molecule has 0 saturated heterocycles. The fourth-order valence-corrected chi connectivity index (χ4v) is 2.33.